The molecule has 0 saturated heterocycles. The standard InChI is InChI=1S/C20H24BrNO3S/c1-6-14-11(21)7-15(26-14)18-16(19(24)25-5)10(2)22-12-8-20(3,4)9-13(23)17(12)18/h7,18,22H,6,8-9H2,1-5H3/t18-/m0/s1. The maximum Gasteiger partial charge on any atom is 0.336 e. The predicted molar refractivity (Wildman–Crippen MR) is 107 cm³/mol. The van der Waals surface area contributed by atoms with Gasteiger partial charge in [0.25, 0.3) is 0 Å². The fourth-order valence-electron chi connectivity index (χ4n) is 3.91. The molecule has 1 atom stereocenters. The van der Waals surface area contributed by atoms with Gasteiger partial charge in [0.2, 0.25) is 0 Å². The van der Waals surface area contributed by atoms with Crippen molar-refractivity contribution in [2.75, 3.05) is 7.11 Å². The summed E-state index contributed by atoms with van der Waals surface area (Å²) in [6, 6.07) is 2.05. The molecule has 3 rings (SSSR count). The lowest BCUT2D eigenvalue weighted by Crippen LogP contribution is -2.38. The van der Waals surface area contributed by atoms with E-state index in [9.17, 15) is 9.59 Å². The number of ether oxygens (including phenoxy) is 1. The molecule has 4 nitrogen and oxygen atoms in total. The van der Waals surface area contributed by atoms with Gasteiger partial charge in [0, 0.05) is 37.6 Å². The molecular weight excluding hydrogens is 414 g/mol. The number of esters is 1. The molecule has 1 N–H and O–H groups in total. The SMILES string of the molecule is CCc1sc([C@H]2C(C(=O)OC)=C(C)NC3=C2C(=O)CC(C)(C)C3)cc1Br. The minimum absolute atomic E-state index is 0.0822. The van der Waals surface area contributed by atoms with E-state index in [1.165, 1.54) is 12.0 Å². The topological polar surface area (TPSA) is 55.4 Å². The summed E-state index contributed by atoms with van der Waals surface area (Å²) in [5, 5.41) is 3.34. The summed E-state index contributed by atoms with van der Waals surface area (Å²) in [6.45, 7) is 8.21. The first-order chi connectivity index (χ1) is 12.2. The number of thiophene rings is 1. The number of Topliss-reactive ketones (excluding diaryl/α,β-unsaturated/α-hetero) is 1. The third-order valence-corrected chi connectivity index (χ3v) is 7.34. The highest BCUT2D eigenvalue weighted by atomic mass is 79.9. The van der Waals surface area contributed by atoms with E-state index >= 15 is 0 Å². The molecular formula is C20H24BrNO3S. The van der Waals surface area contributed by atoms with E-state index in [2.05, 4.69) is 42.0 Å². The molecule has 0 aromatic carbocycles. The molecule has 1 aliphatic heterocycles. The lowest BCUT2D eigenvalue weighted by molar-refractivity contribution is -0.136. The largest absolute Gasteiger partial charge is 0.466 e. The van der Waals surface area contributed by atoms with E-state index in [0.717, 1.165) is 39.2 Å². The molecule has 6 heteroatoms. The fraction of sp³-hybridized carbons (Fsp3) is 0.500. The fourth-order valence-corrected chi connectivity index (χ4v) is 5.95. The van der Waals surface area contributed by atoms with Gasteiger partial charge in [-0.25, -0.2) is 4.79 Å². The molecule has 1 aromatic heterocycles. The highest BCUT2D eigenvalue weighted by Gasteiger charge is 2.43. The zero-order chi connectivity index (χ0) is 19.2. The Kier molecular flexibility index (Phi) is 5.19. The molecule has 0 radical (unpaired) electrons. The maximum absolute atomic E-state index is 13.1. The summed E-state index contributed by atoms with van der Waals surface area (Å²) in [5.74, 6) is -0.624. The maximum atomic E-state index is 13.1. The Bertz CT molecular complexity index is 847. The van der Waals surface area contributed by atoms with Gasteiger partial charge in [-0.2, -0.15) is 0 Å². The van der Waals surface area contributed by atoms with Crippen LogP contribution in [0.5, 0.6) is 0 Å². The van der Waals surface area contributed by atoms with Crippen molar-refractivity contribution in [3.63, 3.8) is 0 Å². The van der Waals surface area contributed by atoms with Gasteiger partial charge in [0.1, 0.15) is 0 Å². The van der Waals surface area contributed by atoms with Gasteiger partial charge in [0.15, 0.2) is 5.78 Å². The first kappa shape index (κ1) is 19.4. The van der Waals surface area contributed by atoms with Crippen LogP contribution < -0.4 is 5.32 Å². The molecule has 0 spiro atoms. The van der Waals surface area contributed by atoms with Crippen LogP contribution in [0.3, 0.4) is 0 Å². The first-order valence-electron chi connectivity index (χ1n) is 8.79. The van der Waals surface area contributed by atoms with E-state index in [0.29, 0.717) is 12.0 Å². The Morgan fingerprint density at radius 2 is 2.12 bits per heavy atom. The Morgan fingerprint density at radius 3 is 2.69 bits per heavy atom. The first-order valence-corrected chi connectivity index (χ1v) is 10.4. The van der Waals surface area contributed by atoms with Crippen LogP contribution in [0.4, 0.5) is 0 Å². The van der Waals surface area contributed by atoms with Crippen LogP contribution in [0, 0.1) is 5.41 Å². The van der Waals surface area contributed by atoms with Crippen molar-refractivity contribution in [1.82, 2.24) is 5.32 Å². The number of carbonyl (C=O) groups is 2. The molecule has 0 fully saturated rings. The second-order valence-corrected chi connectivity index (χ2v) is 9.72. The van der Waals surface area contributed by atoms with Crippen molar-refractivity contribution < 1.29 is 14.3 Å². The van der Waals surface area contributed by atoms with Gasteiger partial charge in [0.05, 0.1) is 18.6 Å². The number of carbonyl (C=O) groups excluding carboxylic acids is 2. The number of hydrogen-bond donors (Lipinski definition) is 1. The number of methoxy groups -OCH3 is 1. The van der Waals surface area contributed by atoms with Crippen LogP contribution >= 0.6 is 27.3 Å². The van der Waals surface area contributed by atoms with Gasteiger partial charge in [-0.15, -0.1) is 11.3 Å². The summed E-state index contributed by atoms with van der Waals surface area (Å²) >= 11 is 5.27. The Morgan fingerprint density at radius 1 is 1.42 bits per heavy atom. The van der Waals surface area contributed by atoms with Crippen LogP contribution in [0.2, 0.25) is 0 Å². The molecule has 2 aliphatic rings. The lowest BCUT2D eigenvalue weighted by Gasteiger charge is -2.39. The third kappa shape index (κ3) is 3.29. The van der Waals surface area contributed by atoms with Crippen molar-refractivity contribution in [3.8, 4) is 0 Å². The molecule has 0 bridgehead atoms. The minimum Gasteiger partial charge on any atom is -0.466 e. The van der Waals surface area contributed by atoms with Gasteiger partial charge in [-0.1, -0.05) is 20.8 Å². The van der Waals surface area contributed by atoms with Crippen LogP contribution in [0.25, 0.3) is 0 Å². The average Bonchev–Trinajstić information content (AvgIpc) is 2.92. The number of allylic oxidation sites excluding steroid dienone is 3. The summed E-state index contributed by atoms with van der Waals surface area (Å²) in [4.78, 5) is 27.9. The second-order valence-electron chi connectivity index (χ2n) is 7.69. The molecule has 140 valence electrons. The van der Waals surface area contributed by atoms with Crippen LogP contribution in [-0.2, 0) is 20.7 Å². The number of dihydropyridines is 1. The van der Waals surface area contributed by atoms with E-state index in [1.807, 2.05) is 13.0 Å². The van der Waals surface area contributed by atoms with Gasteiger partial charge in [-0.3, -0.25) is 4.79 Å². The normalized spacial score (nSPS) is 22.2. The van der Waals surface area contributed by atoms with Gasteiger partial charge >= 0.3 is 5.97 Å². The Hall–Kier alpha value is -1.40. The summed E-state index contributed by atoms with van der Waals surface area (Å²) in [6.07, 6.45) is 2.19. The van der Waals surface area contributed by atoms with Gasteiger partial charge in [-0.05, 0) is 47.2 Å². The number of ketones is 1. The number of nitrogens with one attached hydrogen (secondary N) is 1. The zero-order valence-electron chi connectivity index (χ0n) is 15.8. The van der Waals surface area contributed by atoms with Crippen LogP contribution in [0.1, 0.15) is 56.2 Å². The van der Waals surface area contributed by atoms with E-state index in [4.69, 9.17) is 4.74 Å². The van der Waals surface area contributed by atoms with Crippen molar-refractivity contribution in [2.24, 2.45) is 5.41 Å². The van der Waals surface area contributed by atoms with E-state index in [1.54, 1.807) is 11.3 Å². The zero-order valence-corrected chi connectivity index (χ0v) is 18.2. The highest BCUT2D eigenvalue weighted by Crippen LogP contribution is 2.49. The number of aryl methyl sites for hydroxylation is 1. The molecule has 0 saturated carbocycles. The predicted octanol–water partition coefficient (Wildman–Crippen LogP) is 4.85. The highest BCUT2D eigenvalue weighted by molar-refractivity contribution is 9.10. The Labute approximate surface area is 166 Å². The lowest BCUT2D eigenvalue weighted by atomic mass is 9.70. The molecule has 2 heterocycles. The van der Waals surface area contributed by atoms with Crippen LogP contribution in [0.15, 0.2) is 33.1 Å². The van der Waals surface area contributed by atoms with E-state index < -0.39 is 0 Å². The molecule has 26 heavy (non-hydrogen) atoms. The summed E-state index contributed by atoms with van der Waals surface area (Å²) in [7, 11) is 1.39. The quantitative estimate of drug-likeness (QED) is 0.686. The Balaban J connectivity index is 2.20. The molecule has 1 aromatic rings. The van der Waals surface area contributed by atoms with Crippen molar-refractivity contribution in [3.05, 3.63) is 42.8 Å². The number of hydrogen-bond acceptors (Lipinski definition) is 5. The molecule has 0 amide bonds. The minimum atomic E-state index is -0.383. The monoisotopic (exact) mass is 437 g/mol. The molecule has 1 aliphatic carbocycles. The van der Waals surface area contributed by atoms with Crippen molar-refractivity contribution in [1.29, 1.82) is 0 Å². The molecule has 0 unspecified atom stereocenters. The van der Waals surface area contributed by atoms with Crippen LogP contribution in [-0.4, -0.2) is 18.9 Å². The van der Waals surface area contributed by atoms with E-state index in [-0.39, 0.29) is 23.1 Å². The summed E-state index contributed by atoms with van der Waals surface area (Å²) in [5.41, 5.74) is 2.90. The second kappa shape index (κ2) is 6.97. The average molecular weight is 438 g/mol. The summed E-state index contributed by atoms with van der Waals surface area (Å²) < 4.78 is 6.09. The van der Waals surface area contributed by atoms with Crippen molar-refractivity contribution in [2.45, 2.75) is 52.9 Å². The number of halogens is 1. The van der Waals surface area contributed by atoms with Gasteiger partial charge < -0.3 is 10.1 Å². The smallest absolute Gasteiger partial charge is 0.336 e. The third-order valence-electron chi connectivity index (χ3n) is 5.03. The van der Waals surface area contributed by atoms with Crippen molar-refractivity contribution >= 4 is 39.0 Å². The number of rotatable bonds is 3.